The summed E-state index contributed by atoms with van der Waals surface area (Å²) in [6.45, 7) is 2.20. The summed E-state index contributed by atoms with van der Waals surface area (Å²) in [4.78, 5) is 31.8. The normalized spacial score (nSPS) is 16.5. The van der Waals surface area contributed by atoms with Crippen LogP contribution in [0.25, 0.3) is 0 Å². The zero-order valence-corrected chi connectivity index (χ0v) is 17.0. The topological polar surface area (TPSA) is 68.2 Å². The van der Waals surface area contributed by atoms with Crippen molar-refractivity contribution in [2.45, 2.75) is 12.3 Å². The highest BCUT2D eigenvalue weighted by Gasteiger charge is 2.39. The summed E-state index contributed by atoms with van der Waals surface area (Å²) in [6, 6.07) is 13.9. The third kappa shape index (κ3) is 4.90. The summed E-state index contributed by atoms with van der Waals surface area (Å²) in [6.07, 6.45) is 2.35. The Labute approximate surface area is 175 Å². The quantitative estimate of drug-likeness (QED) is 0.356. The molecule has 0 saturated carbocycles. The maximum Gasteiger partial charge on any atom is 0.265 e. The van der Waals surface area contributed by atoms with Gasteiger partial charge in [-0.3, -0.25) is 14.6 Å². The molecule has 1 atom stereocenters. The van der Waals surface area contributed by atoms with E-state index in [0.29, 0.717) is 48.2 Å². The zero-order valence-electron chi connectivity index (χ0n) is 16.2. The number of fused-ring (bicyclic) bond motifs is 1. The van der Waals surface area contributed by atoms with Gasteiger partial charge < -0.3 is 9.47 Å². The number of amides is 2. The van der Waals surface area contributed by atoms with Gasteiger partial charge in [0.2, 0.25) is 5.91 Å². The van der Waals surface area contributed by atoms with Gasteiger partial charge in [-0.15, -0.1) is 0 Å². The van der Waals surface area contributed by atoms with Crippen LogP contribution in [0.5, 0.6) is 0 Å². The molecule has 0 aliphatic carbocycles. The van der Waals surface area contributed by atoms with E-state index < -0.39 is 5.92 Å². The van der Waals surface area contributed by atoms with Crippen LogP contribution in [0, 0.1) is 0 Å². The standard InChI is InChI=1S/C22H23ClN2O4/c1-28-13-14-29-12-6-11-24-15-18-16-7-2-3-8-17(16)21(26)25(22(18)27)20-10-5-4-9-19(20)23/h2-5,7-10,15,18H,6,11-14H2,1H3. The van der Waals surface area contributed by atoms with Gasteiger partial charge in [0.25, 0.3) is 5.91 Å². The van der Waals surface area contributed by atoms with Crippen molar-refractivity contribution >= 4 is 35.3 Å². The molecule has 3 rings (SSSR count). The first-order chi connectivity index (χ1) is 14.1. The van der Waals surface area contributed by atoms with Gasteiger partial charge in [0.15, 0.2) is 0 Å². The molecule has 152 valence electrons. The number of ether oxygens (including phenoxy) is 2. The Bertz CT molecular complexity index is 900. The van der Waals surface area contributed by atoms with Gasteiger partial charge in [-0.05, 0) is 30.2 Å². The number of rotatable bonds is 9. The van der Waals surface area contributed by atoms with E-state index in [4.69, 9.17) is 21.1 Å². The molecular weight excluding hydrogens is 392 g/mol. The zero-order chi connectivity index (χ0) is 20.6. The summed E-state index contributed by atoms with van der Waals surface area (Å²) in [7, 11) is 1.63. The SMILES string of the molecule is COCCOCCCN=CC1C(=O)N(c2ccccc2Cl)C(=O)c2ccccc21. The number of anilines is 1. The lowest BCUT2D eigenvalue weighted by molar-refractivity contribution is -0.118. The summed E-state index contributed by atoms with van der Waals surface area (Å²) in [5, 5.41) is 0.345. The van der Waals surface area contributed by atoms with Gasteiger partial charge in [-0.2, -0.15) is 0 Å². The molecule has 2 aromatic carbocycles. The Morgan fingerprint density at radius 3 is 2.62 bits per heavy atom. The minimum absolute atomic E-state index is 0.345. The molecule has 0 N–H and O–H groups in total. The molecule has 1 aliphatic heterocycles. The molecule has 0 saturated heterocycles. The minimum Gasteiger partial charge on any atom is -0.382 e. The number of methoxy groups -OCH3 is 1. The fraction of sp³-hybridized carbons (Fsp3) is 0.318. The summed E-state index contributed by atoms with van der Waals surface area (Å²) >= 11 is 6.26. The van der Waals surface area contributed by atoms with Crippen molar-refractivity contribution in [2.75, 3.05) is 38.4 Å². The van der Waals surface area contributed by atoms with Gasteiger partial charge in [0, 0.05) is 32.0 Å². The number of hydrogen-bond donors (Lipinski definition) is 0. The second kappa shape index (κ2) is 10.3. The number of aliphatic imine (C=N–C) groups is 1. The molecule has 1 aliphatic rings. The highest BCUT2D eigenvalue weighted by molar-refractivity contribution is 6.37. The molecule has 29 heavy (non-hydrogen) atoms. The average Bonchev–Trinajstić information content (AvgIpc) is 2.73. The van der Waals surface area contributed by atoms with Crippen LogP contribution in [-0.4, -0.2) is 51.5 Å². The third-order valence-corrected chi connectivity index (χ3v) is 4.89. The van der Waals surface area contributed by atoms with Crippen molar-refractivity contribution < 1.29 is 19.1 Å². The molecule has 6 nitrogen and oxygen atoms in total. The van der Waals surface area contributed by atoms with Crippen molar-refractivity contribution in [1.29, 1.82) is 0 Å². The number of benzene rings is 2. The molecular formula is C22H23ClN2O4. The molecule has 1 heterocycles. The summed E-state index contributed by atoms with van der Waals surface area (Å²) < 4.78 is 10.3. The van der Waals surface area contributed by atoms with Crippen LogP contribution in [0.2, 0.25) is 5.02 Å². The van der Waals surface area contributed by atoms with E-state index in [2.05, 4.69) is 4.99 Å². The van der Waals surface area contributed by atoms with E-state index in [1.54, 1.807) is 55.8 Å². The molecule has 0 radical (unpaired) electrons. The number of halogens is 1. The molecule has 0 aromatic heterocycles. The van der Waals surface area contributed by atoms with Crippen molar-refractivity contribution in [1.82, 2.24) is 0 Å². The van der Waals surface area contributed by atoms with Crippen LogP contribution in [-0.2, 0) is 14.3 Å². The third-order valence-electron chi connectivity index (χ3n) is 4.57. The number of hydrogen-bond acceptors (Lipinski definition) is 5. The second-order valence-corrected chi connectivity index (χ2v) is 6.92. The summed E-state index contributed by atoms with van der Waals surface area (Å²) in [5.41, 5.74) is 1.51. The number of carbonyl (C=O) groups excluding carboxylic acids is 2. The molecule has 2 amide bonds. The first-order valence-corrected chi connectivity index (χ1v) is 9.81. The Morgan fingerprint density at radius 1 is 1.07 bits per heavy atom. The van der Waals surface area contributed by atoms with Crippen molar-refractivity contribution in [2.24, 2.45) is 4.99 Å². The van der Waals surface area contributed by atoms with E-state index in [1.807, 2.05) is 6.07 Å². The number of para-hydroxylation sites is 1. The van der Waals surface area contributed by atoms with E-state index in [9.17, 15) is 9.59 Å². The van der Waals surface area contributed by atoms with Gasteiger partial charge in [0.05, 0.1) is 29.8 Å². The molecule has 0 bridgehead atoms. The van der Waals surface area contributed by atoms with Crippen molar-refractivity contribution in [3.8, 4) is 0 Å². The van der Waals surface area contributed by atoms with E-state index in [-0.39, 0.29) is 11.8 Å². The average molecular weight is 415 g/mol. The Balaban J connectivity index is 1.78. The van der Waals surface area contributed by atoms with Crippen LogP contribution >= 0.6 is 11.6 Å². The van der Waals surface area contributed by atoms with Crippen LogP contribution in [0.1, 0.15) is 28.3 Å². The maximum absolute atomic E-state index is 13.2. The van der Waals surface area contributed by atoms with E-state index in [1.165, 1.54) is 0 Å². The lowest BCUT2D eigenvalue weighted by Gasteiger charge is -2.31. The van der Waals surface area contributed by atoms with Crippen LogP contribution in [0.3, 0.4) is 0 Å². The lowest BCUT2D eigenvalue weighted by atomic mass is 9.89. The van der Waals surface area contributed by atoms with Crippen LogP contribution in [0.4, 0.5) is 5.69 Å². The first-order valence-electron chi connectivity index (χ1n) is 9.43. The Hall–Kier alpha value is -2.54. The largest absolute Gasteiger partial charge is 0.382 e. The van der Waals surface area contributed by atoms with Gasteiger partial charge >= 0.3 is 0 Å². The Morgan fingerprint density at radius 2 is 1.83 bits per heavy atom. The van der Waals surface area contributed by atoms with Gasteiger partial charge in [-0.1, -0.05) is 41.9 Å². The molecule has 7 heteroatoms. The molecule has 2 aromatic rings. The highest BCUT2D eigenvalue weighted by atomic mass is 35.5. The fourth-order valence-electron chi connectivity index (χ4n) is 3.14. The van der Waals surface area contributed by atoms with Gasteiger partial charge in [-0.25, -0.2) is 4.90 Å². The van der Waals surface area contributed by atoms with Crippen molar-refractivity contribution in [3.05, 3.63) is 64.7 Å². The molecule has 1 unspecified atom stereocenters. The number of nitrogens with zero attached hydrogens (tertiary/aromatic N) is 2. The number of imide groups is 1. The Kier molecular flexibility index (Phi) is 7.52. The maximum atomic E-state index is 13.2. The second-order valence-electron chi connectivity index (χ2n) is 6.51. The summed E-state index contributed by atoms with van der Waals surface area (Å²) in [5.74, 6) is -1.38. The van der Waals surface area contributed by atoms with Gasteiger partial charge in [0.1, 0.15) is 0 Å². The lowest BCUT2D eigenvalue weighted by Crippen LogP contribution is -2.45. The monoisotopic (exact) mass is 414 g/mol. The molecule has 0 fully saturated rings. The van der Waals surface area contributed by atoms with E-state index >= 15 is 0 Å². The molecule has 0 spiro atoms. The van der Waals surface area contributed by atoms with E-state index in [0.717, 1.165) is 11.3 Å². The predicted molar refractivity (Wildman–Crippen MR) is 113 cm³/mol. The highest BCUT2D eigenvalue weighted by Crippen LogP contribution is 2.35. The minimum atomic E-state index is -0.644. The first kappa shape index (κ1) is 21.2. The van der Waals surface area contributed by atoms with Crippen molar-refractivity contribution in [3.63, 3.8) is 0 Å². The van der Waals surface area contributed by atoms with Crippen LogP contribution in [0.15, 0.2) is 53.5 Å². The number of carbonyl (C=O) groups is 2. The smallest absolute Gasteiger partial charge is 0.265 e. The fourth-order valence-corrected chi connectivity index (χ4v) is 3.36. The predicted octanol–water partition coefficient (Wildman–Crippen LogP) is 3.73. The van der Waals surface area contributed by atoms with Crippen LogP contribution < -0.4 is 4.90 Å².